The zero-order valence-corrected chi connectivity index (χ0v) is 15.7. The lowest BCUT2D eigenvalue weighted by Gasteiger charge is -2.32. The van der Waals surface area contributed by atoms with Gasteiger partial charge in [0.2, 0.25) is 6.41 Å². The van der Waals surface area contributed by atoms with Gasteiger partial charge in [0.15, 0.2) is 11.3 Å². The predicted octanol–water partition coefficient (Wildman–Crippen LogP) is 4.11. The highest BCUT2D eigenvalue weighted by molar-refractivity contribution is 5.65. The number of fused-ring (bicyclic) bond motifs is 1. The Bertz CT molecular complexity index is 1030. The van der Waals surface area contributed by atoms with Gasteiger partial charge in [-0.05, 0) is 49.6 Å². The fourth-order valence-electron chi connectivity index (χ4n) is 3.74. The van der Waals surface area contributed by atoms with Crippen LogP contribution in [0.3, 0.4) is 0 Å². The second-order valence-electron chi connectivity index (χ2n) is 6.94. The molecule has 1 amide bonds. The fraction of sp³-hybridized carbons (Fsp3) is 0.350. The van der Waals surface area contributed by atoms with Crippen LogP contribution < -0.4 is 4.74 Å². The summed E-state index contributed by atoms with van der Waals surface area (Å²) in [6.07, 6.45) is -0.0604. The lowest BCUT2D eigenvalue weighted by molar-refractivity contribution is -0.142. The van der Waals surface area contributed by atoms with E-state index in [4.69, 9.17) is 4.74 Å². The summed E-state index contributed by atoms with van der Waals surface area (Å²) in [7, 11) is 1.52. The van der Waals surface area contributed by atoms with Gasteiger partial charge in [0.05, 0.1) is 25.0 Å². The molecule has 0 spiro atoms. The number of rotatable bonds is 4. The molecule has 0 aliphatic carbocycles. The third kappa shape index (κ3) is 3.52. The second-order valence-corrected chi connectivity index (χ2v) is 6.94. The molecule has 1 atom stereocenters. The van der Waals surface area contributed by atoms with Gasteiger partial charge in [-0.25, -0.2) is 9.50 Å². The maximum atomic E-state index is 13.8. The van der Waals surface area contributed by atoms with Gasteiger partial charge in [-0.2, -0.15) is 18.3 Å². The van der Waals surface area contributed by atoms with Gasteiger partial charge in [0.25, 0.3) is 0 Å². The van der Waals surface area contributed by atoms with E-state index in [0.717, 1.165) is 29.8 Å². The van der Waals surface area contributed by atoms with E-state index in [9.17, 15) is 18.0 Å². The number of aromatic nitrogens is 3. The minimum atomic E-state index is -4.61. The molecule has 152 valence electrons. The number of carbonyl (C=O) groups excluding carboxylic acids is 1. The molecule has 1 unspecified atom stereocenters. The third-order valence-corrected chi connectivity index (χ3v) is 5.21. The molecule has 29 heavy (non-hydrogen) atoms. The van der Waals surface area contributed by atoms with E-state index in [-0.39, 0.29) is 17.4 Å². The van der Waals surface area contributed by atoms with Gasteiger partial charge >= 0.3 is 6.18 Å². The Balaban J connectivity index is 1.90. The van der Waals surface area contributed by atoms with Gasteiger partial charge in [-0.1, -0.05) is 0 Å². The van der Waals surface area contributed by atoms with Crippen molar-refractivity contribution in [1.29, 1.82) is 0 Å². The van der Waals surface area contributed by atoms with E-state index in [2.05, 4.69) is 10.1 Å². The van der Waals surface area contributed by atoms with Crippen LogP contribution in [-0.2, 0) is 11.0 Å². The number of benzene rings is 1. The first-order chi connectivity index (χ1) is 13.9. The second kappa shape index (κ2) is 7.38. The first-order valence-electron chi connectivity index (χ1n) is 9.23. The van der Waals surface area contributed by atoms with E-state index >= 15 is 0 Å². The van der Waals surface area contributed by atoms with E-state index in [0.29, 0.717) is 29.8 Å². The number of amides is 1. The monoisotopic (exact) mass is 404 g/mol. The van der Waals surface area contributed by atoms with Gasteiger partial charge in [0, 0.05) is 17.7 Å². The topological polar surface area (TPSA) is 59.7 Å². The standard InChI is InChI=1S/C20H19F3N4O2/c1-29-14-7-5-13(6-8-14)16-10-18(20(21,22)23)27-19(25-16)15(11-24-27)17-4-2-3-9-26(17)12-28/h5-8,10-12,17H,2-4,9H2,1H3. The van der Waals surface area contributed by atoms with Crippen molar-refractivity contribution < 1.29 is 22.7 Å². The average Bonchev–Trinajstić information content (AvgIpc) is 3.16. The molecule has 1 aliphatic rings. The molecule has 6 nitrogen and oxygen atoms in total. The summed E-state index contributed by atoms with van der Waals surface area (Å²) < 4.78 is 47.2. The molecule has 3 heterocycles. The van der Waals surface area contributed by atoms with Crippen LogP contribution in [-0.4, -0.2) is 39.6 Å². The first-order valence-corrected chi connectivity index (χ1v) is 9.23. The van der Waals surface area contributed by atoms with E-state index < -0.39 is 11.9 Å². The predicted molar refractivity (Wildman–Crippen MR) is 99.3 cm³/mol. The van der Waals surface area contributed by atoms with Gasteiger partial charge in [0.1, 0.15) is 5.75 Å². The Morgan fingerprint density at radius 2 is 1.97 bits per heavy atom. The molecule has 1 aromatic carbocycles. The van der Waals surface area contributed by atoms with Crippen LogP contribution in [0.25, 0.3) is 16.9 Å². The summed E-state index contributed by atoms with van der Waals surface area (Å²) in [6.45, 7) is 0.565. The number of carbonyl (C=O) groups is 1. The van der Waals surface area contributed by atoms with E-state index in [1.54, 1.807) is 29.2 Å². The summed E-state index contributed by atoms with van der Waals surface area (Å²) in [5.74, 6) is 0.597. The number of alkyl halides is 3. The maximum Gasteiger partial charge on any atom is 0.433 e. The van der Waals surface area contributed by atoms with Crippen LogP contribution in [0.1, 0.15) is 36.6 Å². The molecule has 3 aromatic rings. The quantitative estimate of drug-likeness (QED) is 0.614. The molecule has 1 fully saturated rings. The first kappa shape index (κ1) is 19.2. The smallest absolute Gasteiger partial charge is 0.433 e. The summed E-state index contributed by atoms with van der Waals surface area (Å²) in [4.78, 5) is 17.6. The molecule has 0 bridgehead atoms. The lowest BCUT2D eigenvalue weighted by Crippen LogP contribution is -2.32. The fourth-order valence-corrected chi connectivity index (χ4v) is 3.74. The van der Waals surface area contributed by atoms with Crippen molar-refractivity contribution >= 4 is 12.1 Å². The van der Waals surface area contributed by atoms with Crippen LogP contribution in [0.2, 0.25) is 0 Å². The maximum absolute atomic E-state index is 13.8. The molecule has 1 aliphatic heterocycles. The Morgan fingerprint density at radius 3 is 2.62 bits per heavy atom. The molecule has 0 radical (unpaired) electrons. The van der Waals surface area contributed by atoms with Crippen molar-refractivity contribution in [3.63, 3.8) is 0 Å². The summed E-state index contributed by atoms with van der Waals surface area (Å²) in [5, 5.41) is 3.96. The number of piperidine rings is 1. The largest absolute Gasteiger partial charge is 0.497 e. The molecular weight excluding hydrogens is 385 g/mol. The zero-order valence-electron chi connectivity index (χ0n) is 15.7. The number of hydrogen-bond donors (Lipinski definition) is 0. The van der Waals surface area contributed by atoms with Crippen molar-refractivity contribution in [2.75, 3.05) is 13.7 Å². The average molecular weight is 404 g/mol. The molecule has 1 saturated heterocycles. The van der Waals surface area contributed by atoms with Crippen molar-refractivity contribution in [1.82, 2.24) is 19.5 Å². The van der Waals surface area contributed by atoms with Crippen LogP contribution in [0, 0.1) is 0 Å². The van der Waals surface area contributed by atoms with Crippen molar-refractivity contribution in [3.05, 3.63) is 47.8 Å². The molecule has 2 aromatic heterocycles. The number of halogens is 3. The highest BCUT2D eigenvalue weighted by Crippen LogP contribution is 2.36. The number of nitrogens with zero attached hydrogens (tertiary/aromatic N) is 4. The Labute approximate surface area is 164 Å². The van der Waals surface area contributed by atoms with E-state index in [1.165, 1.54) is 13.3 Å². The van der Waals surface area contributed by atoms with Gasteiger partial charge in [-0.3, -0.25) is 4.79 Å². The number of methoxy groups -OCH3 is 1. The third-order valence-electron chi connectivity index (χ3n) is 5.21. The van der Waals surface area contributed by atoms with Crippen molar-refractivity contribution in [3.8, 4) is 17.0 Å². The summed E-state index contributed by atoms with van der Waals surface area (Å²) in [6, 6.07) is 7.31. The number of likely N-dealkylation sites (tertiary alicyclic amines) is 1. The van der Waals surface area contributed by atoms with Crippen LogP contribution >= 0.6 is 0 Å². The number of ether oxygens (including phenoxy) is 1. The minimum absolute atomic E-state index is 0.115. The Kier molecular flexibility index (Phi) is 4.89. The van der Waals surface area contributed by atoms with Gasteiger partial charge in [-0.15, -0.1) is 0 Å². The van der Waals surface area contributed by atoms with Crippen LogP contribution in [0.15, 0.2) is 36.5 Å². The lowest BCUT2D eigenvalue weighted by atomic mass is 9.97. The van der Waals surface area contributed by atoms with Crippen molar-refractivity contribution in [2.24, 2.45) is 0 Å². The number of hydrogen-bond acceptors (Lipinski definition) is 4. The molecular formula is C20H19F3N4O2. The molecule has 0 N–H and O–H groups in total. The molecule has 0 saturated carbocycles. The van der Waals surface area contributed by atoms with Gasteiger partial charge < -0.3 is 9.64 Å². The Morgan fingerprint density at radius 1 is 1.21 bits per heavy atom. The van der Waals surface area contributed by atoms with E-state index in [1.807, 2.05) is 0 Å². The summed E-state index contributed by atoms with van der Waals surface area (Å²) in [5.41, 5.74) is 0.444. The Hall–Kier alpha value is -3.10. The normalized spacial score (nSPS) is 17.5. The van der Waals surface area contributed by atoms with Crippen molar-refractivity contribution in [2.45, 2.75) is 31.5 Å². The van der Waals surface area contributed by atoms with Crippen LogP contribution in [0.4, 0.5) is 13.2 Å². The highest BCUT2D eigenvalue weighted by Gasteiger charge is 2.36. The summed E-state index contributed by atoms with van der Waals surface area (Å²) >= 11 is 0. The molecule has 9 heteroatoms. The SMILES string of the molecule is COc1ccc(-c2cc(C(F)(F)F)n3ncc(C4CCCCN4C=O)c3n2)cc1. The minimum Gasteiger partial charge on any atom is -0.497 e. The zero-order chi connectivity index (χ0) is 20.6. The molecule has 4 rings (SSSR count). The highest BCUT2D eigenvalue weighted by atomic mass is 19.4. The van der Waals surface area contributed by atoms with Crippen LogP contribution in [0.5, 0.6) is 5.75 Å².